The van der Waals surface area contributed by atoms with Crippen LogP contribution in [0.3, 0.4) is 0 Å². The number of carbonyl (C=O) groups is 1. The van der Waals surface area contributed by atoms with Gasteiger partial charge in [0.1, 0.15) is 11.4 Å². The number of fused-ring (bicyclic) bond motifs is 1. The van der Waals surface area contributed by atoms with Crippen LogP contribution in [0.1, 0.15) is 33.7 Å². The molecule has 1 aromatic heterocycles. The van der Waals surface area contributed by atoms with Crippen molar-refractivity contribution in [2.45, 2.75) is 32.2 Å². The van der Waals surface area contributed by atoms with E-state index in [9.17, 15) is 9.59 Å². The third-order valence-electron chi connectivity index (χ3n) is 3.85. The van der Waals surface area contributed by atoms with E-state index in [-0.39, 0.29) is 17.5 Å². The molecule has 1 heterocycles. The molecule has 1 aliphatic carbocycles. The summed E-state index contributed by atoms with van der Waals surface area (Å²) in [6.45, 7) is 1.68. The fraction of sp³-hybridized carbons (Fsp3) is 0.312. The van der Waals surface area contributed by atoms with Gasteiger partial charge in [0, 0.05) is 12.2 Å². The van der Waals surface area contributed by atoms with Gasteiger partial charge in [-0.25, -0.2) is 4.98 Å². The molecule has 1 amide bonds. The van der Waals surface area contributed by atoms with Gasteiger partial charge in [-0.15, -0.1) is 0 Å². The molecule has 1 unspecified atom stereocenters. The Morgan fingerprint density at radius 3 is 2.86 bits per heavy atom. The van der Waals surface area contributed by atoms with Crippen LogP contribution in [0.4, 0.5) is 0 Å². The van der Waals surface area contributed by atoms with Gasteiger partial charge in [-0.05, 0) is 37.3 Å². The highest BCUT2D eigenvalue weighted by atomic mass is 16.2. The zero-order valence-electron chi connectivity index (χ0n) is 11.8. The largest absolute Gasteiger partial charge is 0.349 e. The third-order valence-corrected chi connectivity index (χ3v) is 3.85. The predicted octanol–water partition coefficient (Wildman–Crippen LogP) is 1.37. The lowest BCUT2D eigenvalue weighted by Gasteiger charge is -2.25. The zero-order chi connectivity index (χ0) is 14.8. The second kappa shape index (κ2) is 5.52. The number of hydrogen-bond acceptors (Lipinski definition) is 3. The first-order valence-corrected chi connectivity index (χ1v) is 7.07. The molecule has 0 radical (unpaired) electrons. The quantitative estimate of drug-likeness (QED) is 0.874. The van der Waals surface area contributed by atoms with E-state index in [1.54, 1.807) is 6.92 Å². The summed E-state index contributed by atoms with van der Waals surface area (Å²) in [5.74, 6) is 0.149. The lowest BCUT2D eigenvalue weighted by Crippen LogP contribution is -2.41. The van der Waals surface area contributed by atoms with Crippen LogP contribution < -0.4 is 10.9 Å². The van der Waals surface area contributed by atoms with E-state index in [0.29, 0.717) is 5.82 Å². The SMILES string of the molecule is Cc1ncc(C(=O)NC2CCc3ccccc3C2)c(=O)[nH]1. The van der Waals surface area contributed by atoms with E-state index < -0.39 is 5.56 Å². The summed E-state index contributed by atoms with van der Waals surface area (Å²) >= 11 is 0. The summed E-state index contributed by atoms with van der Waals surface area (Å²) in [5, 5.41) is 2.94. The first-order chi connectivity index (χ1) is 10.1. The van der Waals surface area contributed by atoms with Crippen molar-refractivity contribution in [3.63, 3.8) is 0 Å². The van der Waals surface area contributed by atoms with Crippen molar-refractivity contribution in [3.8, 4) is 0 Å². The summed E-state index contributed by atoms with van der Waals surface area (Å²) in [6, 6.07) is 8.33. The van der Waals surface area contributed by atoms with Crippen LogP contribution in [-0.4, -0.2) is 21.9 Å². The normalized spacial score (nSPS) is 17.1. The number of rotatable bonds is 2. The second-order valence-corrected chi connectivity index (χ2v) is 5.39. The minimum absolute atomic E-state index is 0.0631. The van der Waals surface area contributed by atoms with E-state index in [2.05, 4.69) is 27.4 Å². The molecule has 0 fully saturated rings. The predicted molar refractivity (Wildman–Crippen MR) is 79.3 cm³/mol. The van der Waals surface area contributed by atoms with Crippen molar-refractivity contribution in [1.82, 2.24) is 15.3 Å². The summed E-state index contributed by atoms with van der Waals surface area (Å²) in [4.78, 5) is 30.5. The van der Waals surface area contributed by atoms with Crippen LogP contribution in [0, 0.1) is 6.92 Å². The van der Waals surface area contributed by atoms with E-state index in [1.165, 1.54) is 17.3 Å². The number of hydrogen-bond donors (Lipinski definition) is 2. The molecule has 5 heteroatoms. The summed E-state index contributed by atoms with van der Waals surface area (Å²) in [6.07, 6.45) is 3.98. The first kappa shape index (κ1) is 13.5. The smallest absolute Gasteiger partial charge is 0.263 e. The molecule has 1 atom stereocenters. The second-order valence-electron chi connectivity index (χ2n) is 5.39. The van der Waals surface area contributed by atoms with E-state index in [1.807, 2.05) is 12.1 Å². The van der Waals surface area contributed by atoms with Crippen molar-refractivity contribution in [1.29, 1.82) is 0 Å². The number of aromatic nitrogens is 2. The molecule has 21 heavy (non-hydrogen) atoms. The van der Waals surface area contributed by atoms with Gasteiger partial charge in [0.2, 0.25) is 0 Å². The molecule has 2 aromatic rings. The first-order valence-electron chi connectivity index (χ1n) is 7.07. The Bertz CT molecular complexity index is 736. The minimum Gasteiger partial charge on any atom is -0.349 e. The Labute approximate surface area is 122 Å². The molecular weight excluding hydrogens is 266 g/mol. The summed E-state index contributed by atoms with van der Waals surface area (Å²) < 4.78 is 0. The maximum Gasteiger partial charge on any atom is 0.263 e. The zero-order valence-corrected chi connectivity index (χ0v) is 11.8. The molecule has 0 spiro atoms. The highest BCUT2D eigenvalue weighted by Crippen LogP contribution is 2.21. The maximum atomic E-state index is 12.2. The van der Waals surface area contributed by atoms with Crippen molar-refractivity contribution in [2.75, 3.05) is 0 Å². The lowest BCUT2D eigenvalue weighted by molar-refractivity contribution is 0.0931. The van der Waals surface area contributed by atoms with Gasteiger partial charge in [-0.2, -0.15) is 0 Å². The topological polar surface area (TPSA) is 74.8 Å². The summed E-state index contributed by atoms with van der Waals surface area (Å²) in [5.41, 5.74) is 2.29. The van der Waals surface area contributed by atoms with Crippen LogP contribution in [0.2, 0.25) is 0 Å². The molecule has 0 bridgehead atoms. The Kier molecular flexibility index (Phi) is 3.56. The fourth-order valence-corrected chi connectivity index (χ4v) is 2.73. The molecule has 2 N–H and O–H groups in total. The number of aryl methyl sites for hydroxylation is 2. The Hall–Kier alpha value is -2.43. The van der Waals surface area contributed by atoms with Crippen LogP contribution in [-0.2, 0) is 12.8 Å². The highest BCUT2D eigenvalue weighted by molar-refractivity contribution is 5.93. The van der Waals surface area contributed by atoms with Crippen molar-refractivity contribution in [2.24, 2.45) is 0 Å². The van der Waals surface area contributed by atoms with Gasteiger partial charge in [0.25, 0.3) is 11.5 Å². The van der Waals surface area contributed by atoms with Gasteiger partial charge >= 0.3 is 0 Å². The van der Waals surface area contributed by atoms with Crippen LogP contribution in [0.25, 0.3) is 0 Å². The highest BCUT2D eigenvalue weighted by Gasteiger charge is 2.21. The van der Waals surface area contributed by atoms with E-state index >= 15 is 0 Å². The Morgan fingerprint density at radius 1 is 1.33 bits per heavy atom. The number of amides is 1. The Morgan fingerprint density at radius 2 is 2.10 bits per heavy atom. The average molecular weight is 283 g/mol. The molecule has 3 rings (SSSR count). The lowest BCUT2D eigenvalue weighted by atomic mass is 9.88. The number of nitrogens with zero attached hydrogens (tertiary/aromatic N) is 1. The standard InChI is InChI=1S/C16H17N3O2/c1-10-17-9-14(15(20)18-10)16(21)19-13-7-6-11-4-2-3-5-12(11)8-13/h2-5,9,13H,6-8H2,1H3,(H,19,21)(H,17,18,20). The van der Waals surface area contributed by atoms with Crippen LogP contribution in [0.15, 0.2) is 35.3 Å². The molecule has 5 nitrogen and oxygen atoms in total. The fourth-order valence-electron chi connectivity index (χ4n) is 2.73. The Balaban J connectivity index is 1.73. The molecule has 0 saturated carbocycles. The molecule has 1 aliphatic rings. The van der Waals surface area contributed by atoms with Gasteiger partial charge in [0.05, 0.1) is 0 Å². The monoisotopic (exact) mass is 283 g/mol. The molecule has 1 aromatic carbocycles. The van der Waals surface area contributed by atoms with Crippen LogP contribution in [0.5, 0.6) is 0 Å². The third kappa shape index (κ3) is 2.86. The van der Waals surface area contributed by atoms with Crippen molar-refractivity contribution >= 4 is 5.91 Å². The molecule has 0 saturated heterocycles. The van der Waals surface area contributed by atoms with Crippen molar-refractivity contribution in [3.05, 3.63) is 63.3 Å². The van der Waals surface area contributed by atoms with Gasteiger partial charge < -0.3 is 10.3 Å². The number of carbonyl (C=O) groups excluding carboxylic acids is 1. The number of nitrogens with one attached hydrogen (secondary N) is 2. The van der Waals surface area contributed by atoms with Crippen LogP contribution >= 0.6 is 0 Å². The van der Waals surface area contributed by atoms with Gasteiger partial charge in [-0.3, -0.25) is 9.59 Å². The van der Waals surface area contributed by atoms with Gasteiger partial charge in [0.15, 0.2) is 0 Å². The number of H-pyrrole nitrogens is 1. The molecule has 108 valence electrons. The summed E-state index contributed by atoms with van der Waals surface area (Å²) in [7, 11) is 0. The van der Waals surface area contributed by atoms with E-state index in [4.69, 9.17) is 0 Å². The van der Waals surface area contributed by atoms with E-state index in [0.717, 1.165) is 19.3 Å². The van der Waals surface area contributed by atoms with Gasteiger partial charge in [-0.1, -0.05) is 24.3 Å². The molecular formula is C16H17N3O2. The number of aromatic amines is 1. The van der Waals surface area contributed by atoms with Crippen molar-refractivity contribution < 1.29 is 4.79 Å². The minimum atomic E-state index is -0.392. The number of benzene rings is 1. The maximum absolute atomic E-state index is 12.2. The molecule has 0 aliphatic heterocycles. The average Bonchev–Trinajstić information content (AvgIpc) is 2.47.